The van der Waals surface area contributed by atoms with Crippen molar-refractivity contribution >= 4 is 71.3 Å². The predicted molar refractivity (Wildman–Crippen MR) is 253 cm³/mol. The quantitative estimate of drug-likeness (QED) is 0.170. The highest BCUT2D eigenvalue weighted by Gasteiger charge is 2.37. The molecule has 61 heavy (non-hydrogen) atoms. The Morgan fingerprint density at radius 1 is 0.525 bits per heavy atom. The SMILES string of the molecule is CCC1CC(c2cccc(-n3c4ccccc4c4c5c6ccccc6n(-c6ccccc6)c5ccc43)c2)=[N+](C)C(c2ccc3oc4ccccc4c3c2)NC1c1ccccc1. The van der Waals surface area contributed by atoms with Gasteiger partial charge in [0, 0.05) is 67.3 Å². The van der Waals surface area contributed by atoms with Gasteiger partial charge in [-0.15, -0.1) is 0 Å². The Morgan fingerprint density at radius 3 is 1.82 bits per heavy atom. The van der Waals surface area contributed by atoms with Crippen LogP contribution in [-0.2, 0) is 0 Å². The van der Waals surface area contributed by atoms with Crippen molar-refractivity contribution in [2.45, 2.75) is 32.0 Å². The maximum Gasteiger partial charge on any atom is 0.233 e. The molecular weight excluding hydrogens is 745 g/mol. The van der Waals surface area contributed by atoms with Gasteiger partial charge in [-0.05, 0) is 90.3 Å². The summed E-state index contributed by atoms with van der Waals surface area (Å²) in [6, 6.07) is 68.7. The molecule has 0 fully saturated rings. The molecule has 5 nitrogen and oxygen atoms in total. The highest BCUT2D eigenvalue weighted by molar-refractivity contribution is 6.29. The molecule has 3 atom stereocenters. The first-order valence-corrected chi connectivity index (χ1v) is 21.6. The first kappa shape index (κ1) is 35.7. The number of nitrogens with one attached hydrogen (secondary N) is 1. The standard InChI is InChI=1S/C56H45N4O/c1-3-36-35-50(58(2)56(57-55(36)37-17-6-4-7-18-37)39-29-32-52-45(34-39)42-23-12-15-28-51(42)61-52)38-19-16-22-41(33-38)60-47-27-14-11-25-44(47)54-49(60)31-30-48-53(54)43-24-10-13-26-46(43)59(48)40-20-8-5-9-21-40/h4-34,36,55-57H,3,35H2,1-2H3/q+1. The van der Waals surface area contributed by atoms with Crippen molar-refractivity contribution in [3.8, 4) is 11.4 Å². The van der Waals surface area contributed by atoms with Gasteiger partial charge in [0.25, 0.3) is 0 Å². The highest BCUT2D eigenvalue weighted by atomic mass is 16.3. The van der Waals surface area contributed by atoms with E-state index < -0.39 is 0 Å². The second-order valence-corrected chi connectivity index (χ2v) is 16.7. The number of benzene rings is 8. The lowest BCUT2D eigenvalue weighted by Crippen LogP contribution is -2.34. The Balaban J connectivity index is 1.06. The molecule has 3 aromatic heterocycles. The fourth-order valence-corrected chi connectivity index (χ4v) is 10.5. The molecule has 4 heterocycles. The van der Waals surface area contributed by atoms with E-state index in [9.17, 15) is 0 Å². The minimum atomic E-state index is -0.0815. The fraction of sp³-hybridized carbons (Fsp3) is 0.125. The summed E-state index contributed by atoms with van der Waals surface area (Å²) in [6.45, 7) is 2.34. The molecule has 8 aromatic carbocycles. The third kappa shape index (κ3) is 5.61. The maximum absolute atomic E-state index is 6.29. The van der Waals surface area contributed by atoms with E-state index >= 15 is 0 Å². The van der Waals surface area contributed by atoms with E-state index in [0.717, 1.165) is 40.5 Å². The van der Waals surface area contributed by atoms with E-state index in [-0.39, 0.29) is 12.2 Å². The van der Waals surface area contributed by atoms with Gasteiger partial charge in [0.2, 0.25) is 6.17 Å². The Bertz CT molecular complexity index is 3500. The second kappa shape index (κ2) is 14.2. The minimum Gasteiger partial charge on any atom is -0.456 e. The van der Waals surface area contributed by atoms with E-state index in [0.29, 0.717) is 5.92 Å². The molecule has 0 spiro atoms. The lowest BCUT2D eigenvalue weighted by Gasteiger charge is -2.26. The number of rotatable bonds is 6. The molecule has 0 radical (unpaired) electrons. The van der Waals surface area contributed by atoms with Gasteiger partial charge >= 0.3 is 0 Å². The van der Waals surface area contributed by atoms with E-state index in [1.807, 2.05) is 6.07 Å². The molecular formula is C56H45N4O+. The zero-order chi connectivity index (χ0) is 40.6. The van der Waals surface area contributed by atoms with Crippen LogP contribution in [0.2, 0.25) is 0 Å². The first-order valence-electron chi connectivity index (χ1n) is 21.6. The average molecular weight is 790 g/mol. The van der Waals surface area contributed by atoms with Gasteiger partial charge in [-0.25, -0.2) is 9.89 Å². The number of furan rings is 1. The van der Waals surface area contributed by atoms with Crippen molar-refractivity contribution in [3.05, 3.63) is 205 Å². The molecule has 11 aromatic rings. The predicted octanol–water partition coefficient (Wildman–Crippen LogP) is 13.7. The van der Waals surface area contributed by atoms with Crippen LogP contribution in [0, 0.1) is 5.92 Å². The molecule has 0 saturated heterocycles. The molecule has 0 amide bonds. The molecule has 3 unspecified atom stereocenters. The van der Waals surface area contributed by atoms with Crippen molar-refractivity contribution in [1.82, 2.24) is 14.5 Å². The highest BCUT2D eigenvalue weighted by Crippen LogP contribution is 2.43. The summed E-state index contributed by atoms with van der Waals surface area (Å²) >= 11 is 0. The molecule has 1 aliphatic rings. The normalized spacial score (nSPS) is 17.4. The van der Waals surface area contributed by atoms with Crippen LogP contribution in [0.4, 0.5) is 0 Å². The molecule has 1 N–H and O–H groups in total. The number of hydrogen-bond donors (Lipinski definition) is 1. The summed E-state index contributed by atoms with van der Waals surface area (Å²) in [5.74, 6) is 0.371. The van der Waals surface area contributed by atoms with E-state index in [2.05, 4.69) is 215 Å². The number of hydrogen-bond acceptors (Lipinski definition) is 2. The van der Waals surface area contributed by atoms with Gasteiger partial charge < -0.3 is 13.6 Å². The number of para-hydroxylation sites is 4. The summed E-state index contributed by atoms with van der Waals surface area (Å²) in [5, 5.41) is 11.6. The van der Waals surface area contributed by atoms with Gasteiger partial charge in [-0.2, -0.15) is 0 Å². The molecule has 0 aliphatic carbocycles. The van der Waals surface area contributed by atoms with Crippen molar-refractivity contribution in [3.63, 3.8) is 0 Å². The van der Waals surface area contributed by atoms with E-state index in [1.54, 1.807) is 0 Å². The molecule has 0 bridgehead atoms. The van der Waals surface area contributed by atoms with Crippen molar-refractivity contribution in [1.29, 1.82) is 0 Å². The van der Waals surface area contributed by atoms with Crippen LogP contribution in [0.25, 0.3) is 76.9 Å². The lowest BCUT2D eigenvalue weighted by molar-refractivity contribution is -0.552. The maximum atomic E-state index is 6.29. The Labute approximate surface area is 354 Å². The van der Waals surface area contributed by atoms with Crippen LogP contribution in [0.1, 0.15) is 48.7 Å². The van der Waals surface area contributed by atoms with Gasteiger partial charge in [0.1, 0.15) is 18.2 Å². The van der Waals surface area contributed by atoms with Crippen molar-refractivity contribution < 1.29 is 8.99 Å². The average Bonchev–Trinajstić information content (AvgIpc) is 3.94. The zero-order valence-electron chi connectivity index (χ0n) is 34.3. The Morgan fingerprint density at radius 2 is 1.11 bits per heavy atom. The molecule has 5 heteroatoms. The van der Waals surface area contributed by atoms with Gasteiger partial charge in [-0.1, -0.05) is 123 Å². The molecule has 294 valence electrons. The summed E-state index contributed by atoms with van der Waals surface area (Å²) in [6.07, 6.45) is 1.90. The fourth-order valence-electron chi connectivity index (χ4n) is 10.5. The Kier molecular flexibility index (Phi) is 8.32. The van der Waals surface area contributed by atoms with E-state index in [1.165, 1.54) is 71.7 Å². The van der Waals surface area contributed by atoms with Crippen LogP contribution in [-0.4, -0.2) is 26.5 Å². The number of fused-ring (bicyclic) bond motifs is 10. The lowest BCUT2D eigenvalue weighted by atomic mass is 9.85. The molecule has 1 aliphatic heterocycles. The van der Waals surface area contributed by atoms with Crippen LogP contribution >= 0.6 is 0 Å². The van der Waals surface area contributed by atoms with Gasteiger partial charge in [-0.3, -0.25) is 0 Å². The van der Waals surface area contributed by atoms with Crippen molar-refractivity contribution in [2.24, 2.45) is 5.92 Å². The summed E-state index contributed by atoms with van der Waals surface area (Å²) in [7, 11) is 2.27. The molecule has 0 saturated carbocycles. The Hall–Kier alpha value is -7.21. The summed E-state index contributed by atoms with van der Waals surface area (Å²) in [5.41, 5.74) is 14.1. The topological polar surface area (TPSA) is 38.0 Å². The smallest absolute Gasteiger partial charge is 0.233 e. The van der Waals surface area contributed by atoms with Crippen molar-refractivity contribution in [2.75, 3.05) is 7.05 Å². The number of aromatic nitrogens is 2. The van der Waals surface area contributed by atoms with Crippen LogP contribution < -0.4 is 5.32 Å². The van der Waals surface area contributed by atoms with Crippen LogP contribution in [0.3, 0.4) is 0 Å². The summed E-state index contributed by atoms with van der Waals surface area (Å²) < 4.78 is 13.7. The van der Waals surface area contributed by atoms with Crippen LogP contribution in [0.5, 0.6) is 0 Å². The second-order valence-electron chi connectivity index (χ2n) is 16.7. The molecule has 12 rings (SSSR count). The number of nitrogens with zero attached hydrogens (tertiary/aromatic N) is 3. The third-order valence-electron chi connectivity index (χ3n) is 13.4. The van der Waals surface area contributed by atoms with E-state index in [4.69, 9.17) is 4.42 Å². The monoisotopic (exact) mass is 789 g/mol. The first-order chi connectivity index (χ1) is 30.1. The summed E-state index contributed by atoms with van der Waals surface area (Å²) in [4.78, 5) is 0. The minimum absolute atomic E-state index is 0.0815. The van der Waals surface area contributed by atoms with Gasteiger partial charge in [0.15, 0.2) is 5.71 Å². The largest absolute Gasteiger partial charge is 0.456 e. The third-order valence-corrected chi connectivity index (χ3v) is 13.4. The van der Waals surface area contributed by atoms with Crippen LogP contribution in [0.15, 0.2) is 192 Å². The zero-order valence-corrected chi connectivity index (χ0v) is 34.3. The van der Waals surface area contributed by atoms with Gasteiger partial charge in [0.05, 0.1) is 22.1 Å².